The molecule has 0 saturated carbocycles. The lowest BCUT2D eigenvalue weighted by Gasteiger charge is -2.19. The molecule has 0 radical (unpaired) electrons. The van der Waals surface area contributed by atoms with Gasteiger partial charge in [-0.05, 0) is 53.6 Å². The number of rotatable bonds is 15. The molecule has 0 amide bonds. The molecule has 44 heavy (non-hydrogen) atoms. The fourth-order valence-corrected chi connectivity index (χ4v) is 5.03. The van der Waals surface area contributed by atoms with Crippen LogP contribution in [-0.2, 0) is 21.4 Å². The number of hydrogen-bond donors (Lipinski definition) is 0. The van der Waals surface area contributed by atoms with Gasteiger partial charge in [0.2, 0.25) is 5.82 Å². The van der Waals surface area contributed by atoms with Crippen molar-refractivity contribution in [2.45, 2.75) is 78.1 Å². The highest BCUT2D eigenvalue weighted by Gasteiger charge is 2.24. The number of methoxy groups -OCH3 is 1. The second kappa shape index (κ2) is 15.5. The van der Waals surface area contributed by atoms with Crippen LogP contribution in [-0.4, -0.2) is 35.6 Å². The topological polar surface area (TPSA) is 91.5 Å². The van der Waals surface area contributed by atoms with Crippen LogP contribution in [0.2, 0.25) is 0 Å². The molecule has 1 atom stereocenters. The molecular weight excluding hydrogens is 552 g/mol. The molecule has 3 aromatic carbocycles. The van der Waals surface area contributed by atoms with Crippen molar-refractivity contribution in [3.05, 3.63) is 89.5 Å². The lowest BCUT2D eigenvalue weighted by molar-refractivity contribution is -0.145. The number of carbonyl (C=O) groups is 2. The van der Waals surface area contributed by atoms with Gasteiger partial charge in [0.1, 0.15) is 5.75 Å². The summed E-state index contributed by atoms with van der Waals surface area (Å²) in [7, 11) is 1.35. The van der Waals surface area contributed by atoms with E-state index in [1.165, 1.54) is 32.8 Å². The molecule has 232 valence electrons. The number of hydrogen-bond acceptors (Lipinski definition) is 7. The molecule has 0 saturated heterocycles. The van der Waals surface area contributed by atoms with Gasteiger partial charge in [0.05, 0.1) is 19.6 Å². The first-order valence-electron chi connectivity index (χ1n) is 15.6. The summed E-state index contributed by atoms with van der Waals surface area (Å²) in [5, 5.41) is 4.16. The summed E-state index contributed by atoms with van der Waals surface area (Å²) in [4.78, 5) is 30.2. The first-order valence-corrected chi connectivity index (χ1v) is 15.6. The molecule has 7 heteroatoms. The maximum atomic E-state index is 13.1. The number of ether oxygens (including phenoxy) is 2. The van der Waals surface area contributed by atoms with E-state index in [1.807, 2.05) is 72.8 Å². The minimum Gasteiger partial charge on any atom is -0.494 e. The third-order valence-electron chi connectivity index (χ3n) is 7.78. The highest BCUT2D eigenvalue weighted by molar-refractivity contribution is 5.98. The first-order chi connectivity index (χ1) is 21.2. The molecule has 0 aliphatic rings. The molecule has 1 aromatic heterocycles. The quantitative estimate of drug-likeness (QED) is 0.0770. The van der Waals surface area contributed by atoms with Crippen LogP contribution >= 0.6 is 0 Å². The molecule has 0 spiro atoms. The summed E-state index contributed by atoms with van der Waals surface area (Å²) in [5.41, 5.74) is 4.25. The minimum atomic E-state index is -0.592. The van der Waals surface area contributed by atoms with Crippen LogP contribution in [0.25, 0.3) is 22.8 Å². The Balaban J connectivity index is 1.35. The highest BCUT2D eigenvalue weighted by atomic mass is 16.5. The van der Waals surface area contributed by atoms with E-state index in [-0.39, 0.29) is 17.6 Å². The van der Waals surface area contributed by atoms with E-state index in [1.54, 1.807) is 0 Å². The van der Waals surface area contributed by atoms with Crippen molar-refractivity contribution in [3.8, 4) is 28.6 Å². The predicted octanol–water partition coefficient (Wildman–Crippen LogP) is 8.66. The molecule has 4 rings (SSSR count). The first kappa shape index (κ1) is 32.6. The van der Waals surface area contributed by atoms with Gasteiger partial charge in [-0.2, -0.15) is 4.98 Å². The number of nitrogens with zero attached hydrogens (tertiary/aromatic N) is 2. The lowest BCUT2D eigenvalue weighted by atomic mass is 9.85. The van der Waals surface area contributed by atoms with Crippen molar-refractivity contribution in [1.29, 1.82) is 0 Å². The van der Waals surface area contributed by atoms with E-state index in [4.69, 9.17) is 14.0 Å². The lowest BCUT2D eigenvalue weighted by Crippen LogP contribution is -2.22. The Hall–Kier alpha value is -4.26. The Morgan fingerprint density at radius 1 is 0.841 bits per heavy atom. The zero-order chi connectivity index (χ0) is 31.5. The van der Waals surface area contributed by atoms with Crippen LogP contribution in [0.3, 0.4) is 0 Å². The fraction of sp³-hybridized carbons (Fsp3) is 0.405. The molecule has 4 aromatic rings. The third-order valence-corrected chi connectivity index (χ3v) is 7.78. The minimum absolute atomic E-state index is 0.000910. The van der Waals surface area contributed by atoms with E-state index in [2.05, 4.69) is 37.8 Å². The van der Waals surface area contributed by atoms with E-state index in [0.717, 1.165) is 34.4 Å². The van der Waals surface area contributed by atoms with Crippen LogP contribution in [0.4, 0.5) is 0 Å². The summed E-state index contributed by atoms with van der Waals surface area (Å²) in [6.07, 6.45) is 6.46. The second-order valence-corrected chi connectivity index (χ2v) is 12.3. The monoisotopic (exact) mass is 596 g/mol. The Morgan fingerprint density at radius 2 is 1.50 bits per heavy atom. The molecule has 0 aliphatic carbocycles. The molecule has 0 aliphatic heterocycles. The van der Waals surface area contributed by atoms with Crippen molar-refractivity contribution in [3.63, 3.8) is 0 Å². The zero-order valence-corrected chi connectivity index (χ0v) is 26.6. The van der Waals surface area contributed by atoms with Crippen LogP contribution in [0.1, 0.15) is 87.7 Å². The van der Waals surface area contributed by atoms with Crippen molar-refractivity contribution in [2.75, 3.05) is 13.7 Å². The van der Waals surface area contributed by atoms with Crippen LogP contribution in [0.15, 0.2) is 77.3 Å². The van der Waals surface area contributed by atoms with Gasteiger partial charge in [-0.1, -0.05) is 107 Å². The van der Waals surface area contributed by atoms with Crippen LogP contribution in [0, 0.1) is 5.92 Å². The van der Waals surface area contributed by atoms with Gasteiger partial charge in [-0.3, -0.25) is 9.59 Å². The number of Topliss-reactive ketones (excluding diaryl/α,β-unsaturated/α-hetero) is 1. The Kier molecular flexibility index (Phi) is 11.5. The standard InChI is InChI=1S/C37H44N2O5/c1-6-7-8-9-10-23-43-32-21-17-29(18-22-32)35-38-34(39-44-35)28-13-11-26(12-14-28)24-30(36(41)42-5)25-33(40)27-15-19-31(20-16-27)37(2,3)4/h11-22,30H,6-10,23-25H2,1-5H3/t30-/m1/s1. The Morgan fingerprint density at radius 3 is 2.14 bits per heavy atom. The number of unbranched alkanes of at least 4 members (excludes halogenated alkanes) is 4. The van der Waals surface area contributed by atoms with Crippen molar-refractivity contribution >= 4 is 11.8 Å². The van der Waals surface area contributed by atoms with Gasteiger partial charge < -0.3 is 14.0 Å². The molecule has 0 bridgehead atoms. The maximum Gasteiger partial charge on any atom is 0.309 e. The van der Waals surface area contributed by atoms with Crippen molar-refractivity contribution in [2.24, 2.45) is 5.92 Å². The number of aromatic nitrogens is 2. The van der Waals surface area contributed by atoms with Gasteiger partial charge >= 0.3 is 5.97 Å². The van der Waals surface area contributed by atoms with Gasteiger partial charge in [0.15, 0.2) is 5.78 Å². The van der Waals surface area contributed by atoms with Gasteiger partial charge in [0, 0.05) is 23.1 Å². The molecule has 1 heterocycles. The summed E-state index contributed by atoms with van der Waals surface area (Å²) < 4.78 is 16.4. The molecule has 7 nitrogen and oxygen atoms in total. The number of ketones is 1. The summed E-state index contributed by atoms with van der Waals surface area (Å²) in [5.74, 6) is 0.640. The van der Waals surface area contributed by atoms with E-state index in [0.29, 0.717) is 30.3 Å². The van der Waals surface area contributed by atoms with E-state index < -0.39 is 11.9 Å². The van der Waals surface area contributed by atoms with E-state index >= 15 is 0 Å². The molecular formula is C37H44N2O5. The highest BCUT2D eigenvalue weighted by Crippen LogP contribution is 2.26. The Bertz CT molecular complexity index is 1480. The predicted molar refractivity (Wildman–Crippen MR) is 173 cm³/mol. The largest absolute Gasteiger partial charge is 0.494 e. The zero-order valence-electron chi connectivity index (χ0n) is 26.6. The fourth-order valence-electron chi connectivity index (χ4n) is 5.03. The summed E-state index contributed by atoms with van der Waals surface area (Å²) in [6, 6.07) is 22.9. The number of carbonyl (C=O) groups excluding carboxylic acids is 2. The average molecular weight is 597 g/mol. The Labute approximate surface area is 261 Å². The smallest absolute Gasteiger partial charge is 0.309 e. The number of benzene rings is 3. The van der Waals surface area contributed by atoms with Gasteiger partial charge in [-0.25, -0.2) is 0 Å². The average Bonchev–Trinajstić information content (AvgIpc) is 3.53. The maximum absolute atomic E-state index is 13.1. The van der Waals surface area contributed by atoms with E-state index in [9.17, 15) is 9.59 Å². The summed E-state index contributed by atoms with van der Waals surface area (Å²) in [6.45, 7) is 9.32. The number of esters is 1. The SMILES string of the molecule is CCCCCCCOc1ccc(-c2nc(-c3ccc(C[C@H](CC(=O)c4ccc(C(C)(C)C)cc4)C(=O)OC)cc3)no2)cc1. The van der Waals surface area contributed by atoms with Crippen LogP contribution in [0.5, 0.6) is 5.75 Å². The van der Waals surface area contributed by atoms with Gasteiger partial charge in [-0.15, -0.1) is 0 Å². The third kappa shape index (κ3) is 9.12. The van der Waals surface area contributed by atoms with Gasteiger partial charge in [0.25, 0.3) is 5.89 Å². The molecule has 0 unspecified atom stereocenters. The normalized spacial score (nSPS) is 12.1. The second-order valence-electron chi connectivity index (χ2n) is 12.3. The van der Waals surface area contributed by atoms with Crippen molar-refractivity contribution in [1.82, 2.24) is 10.1 Å². The van der Waals surface area contributed by atoms with Crippen molar-refractivity contribution < 1.29 is 23.6 Å². The molecule has 0 fully saturated rings. The summed E-state index contributed by atoms with van der Waals surface area (Å²) >= 11 is 0. The molecule has 0 N–H and O–H groups in total. The van der Waals surface area contributed by atoms with Crippen LogP contribution < -0.4 is 4.74 Å².